The maximum atomic E-state index is 4.98. The van der Waals surface area contributed by atoms with Crippen molar-refractivity contribution in [2.24, 2.45) is 0 Å². The molecule has 0 saturated heterocycles. The molecule has 2 aromatic carbocycles. The summed E-state index contributed by atoms with van der Waals surface area (Å²) in [5.41, 5.74) is 3.73. The molecule has 0 spiro atoms. The van der Waals surface area contributed by atoms with E-state index in [-0.39, 0.29) is 0 Å². The van der Waals surface area contributed by atoms with Crippen molar-refractivity contribution in [3.63, 3.8) is 0 Å². The van der Waals surface area contributed by atoms with Gasteiger partial charge in [0.2, 0.25) is 0 Å². The van der Waals surface area contributed by atoms with Crippen molar-refractivity contribution in [3.8, 4) is 11.1 Å². The van der Waals surface area contributed by atoms with Crippen LogP contribution in [0.25, 0.3) is 17.2 Å². The van der Waals surface area contributed by atoms with Crippen LogP contribution in [0, 0.1) is 0 Å². The minimum Gasteiger partial charge on any atom is -0.383 e. The summed E-state index contributed by atoms with van der Waals surface area (Å²) < 4.78 is 4.98. The zero-order chi connectivity index (χ0) is 14.0. The van der Waals surface area contributed by atoms with E-state index in [1.807, 2.05) is 6.07 Å². The Morgan fingerprint density at radius 1 is 0.950 bits per heavy atom. The minimum absolute atomic E-state index is 0.750. The summed E-state index contributed by atoms with van der Waals surface area (Å²) >= 11 is 0. The van der Waals surface area contributed by atoms with Crippen LogP contribution in [0.4, 0.5) is 0 Å². The van der Waals surface area contributed by atoms with E-state index in [0.29, 0.717) is 0 Å². The van der Waals surface area contributed by atoms with Crippen molar-refractivity contribution < 1.29 is 4.74 Å². The molecule has 2 heteroatoms. The molecule has 2 rings (SSSR count). The smallest absolute Gasteiger partial charge is 0.0587 e. The average Bonchev–Trinajstić information content (AvgIpc) is 2.52. The van der Waals surface area contributed by atoms with Gasteiger partial charge in [0, 0.05) is 20.2 Å². The molecule has 1 N–H and O–H groups in total. The van der Waals surface area contributed by atoms with Crippen LogP contribution < -0.4 is 5.32 Å². The van der Waals surface area contributed by atoms with Gasteiger partial charge < -0.3 is 10.1 Å². The summed E-state index contributed by atoms with van der Waals surface area (Å²) in [5, 5.41) is 3.28. The third-order valence-corrected chi connectivity index (χ3v) is 3.07. The molecule has 0 aromatic heterocycles. The fraction of sp³-hybridized carbons (Fsp3) is 0.222. The van der Waals surface area contributed by atoms with Gasteiger partial charge in [0.1, 0.15) is 0 Å². The number of nitrogens with one attached hydrogen (secondary N) is 1. The summed E-state index contributed by atoms with van der Waals surface area (Å²) in [4.78, 5) is 0. The first-order valence-electron chi connectivity index (χ1n) is 6.92. The molecule has 0 fully saturated rings. The lowest BCUT2D eigenvalue weighted by molar-refractivity contribution is 0.200. The van der Waals surface area contributed by atoms with E-state index in [1.54, 1.807) is 7.11 Å². The molecule has 0 radical (unpaired) electrons. The van der Waals surface area contributed by atoms with Gasteiger partial charge in [-0.05, 0) is 16.7 Å². The summed E-state index contributed by atoms with van der Waals surface area (Å²) in [6.45, 7) is 2.50. The van der Waals surface area contributed by atoms with E-state index in [2.05, 4.69) is 66.0 Å². The van der Waals surface area contributed by atoms with Gasteiger partial charge in [0.25, 0.3) is 0 Å². The Morgan fingerprint density at radius 3 is 2.35 bits per heavy atom. The monoisotopic (exact) mass is 267 g/mol. The van der Waals surface area contributed by atoms with Crippen molar-refractivity contribution in [2.75, 3.05) is 26.8 Å². The highest BCUT2D eigenvalue weighted by atomic mass is 16.5. The molecular formula is C18H21NO. The van der Waals surface area contributed by atoms with E-state index in [4.69, 9.17) is 4.74 Å². The first kappa shape index (κ1) is 14.5. The molecule has 20 heavy (non-hydrogen) atoms. The lowest BCUT2D eigenvalue weighted by atomic mass is 10.0. The molecule has 0 amide bonds. The Kier molecular flexibility index (Phi) is 6.03. The van der Waals surface area contributed by atoms with E-state index < -0.39 is 0 Å². The van der Waals surface area contributed by atoms with Crippen LogP contribution in [0.15, 0.2) is 60.7 Å². The van der Waals surface area contributed by atoms with Gasteiger partial charge in [-0.1, -0.05) is 66.7 Å². The zero-order valence-corrected chi connectivity index (χ0v) is 11.9. The fourth-order valence-electron chi connectivity index (χ4n) is 1.97. The van der Waals surface area contributed by atoms with Crippen molar-refractivity contribution in [1.82, 2.24) is 5.32 Å². The Morgan fingerprint density at radius 2 is 1.65 bits per heavy atom. The third kappa shape index (κ3) is 4.65. The Labute approximate surface area is 121 Å². The topological polar surface area (TPSA) is 21.3 Å². The van der Waals surface area contributed by atoms with Gasteiger partial charge in [0.15, 0.2) is 0 Å². The average molecular weight is 267 g/mol. The number of ether oxygens (including phenoxy) is 1. The number of hydrogen-bond donors (Lipinski definition) is 1. The van der Waals surface area contributed by atoms with Gasteiger partial charge in [-0.25, -0.2) is 0 Å². The van der Waals surface area contributed by atoms with Crippen molar-refractivity contribution >= 4 is 6.08 Å². The third-order valence-electron chi connectivity index (χ3n) is 3.07. The van der Waals surface area contributed by atoms with Gasteiger partial charge in [-0.2, -0.15) is 0 Å². The summed E-state index contributed by atoms with van der Waals surface area (Å²) in [7, 11) is 1.71. The van der Waals surface area contributed by atoms with E-state index in [0.717, 1.165) is 19.7 Å². The van der Waals surface area contributed by atoms with E-state index >= 15 is 0 Å². The van der Waals surface area contributed by atoms with Crippen molar-refractivity contribution in [1.29, 1.82) is 0 Å². The Hall–Kier alpha value is -1.90. The maximum Gasteiger partial charge on any atom is 0.0587 e. The second-order valence-electron chi connectivity index (χ2n) is 4.59. The molecule has 0 atom stereocenters. The number of methoxy groups -OCH3 is 1. The van der Waals surface area contributed by atoms with Crippen molar-refractivity contribution in [2.45, 2.75) is 0 Å². The molecule has 2 nitrogen and oxygen atoms in total. The number of hydrogen-bond acceptors (Lipinski definition) is 2. The van der Waals surface area contributed by atoms with Crippen LogP contribution in [-0.2, 0) is 4.74 Å². The van der Waals surface area contributed by atoms with Crippen LogP contribution in [-0.4, -0.2) is 26.8 Å². The van der Waals surface area contributed by atoms with Gasteiger partial charge >= 0.3 is 0 Å². The summed E-state index contributed by atoms with van der Waals surface area (Å²) in [6.07, 6.45) is 4.27. The SMILES string of the molecule is COCCNCC=Cc1ccc(-c2ccccc2)cc1. The van der Waals surface area contributed by atoms with Crippen LogP contribution in [0.3, 0.4) is 0 Å². The van der Waals surface area contributed by atoms with Crippen molar-refractivity contribution in [3.05, 3.63) is 66.2 Å². The molecule has 2 aromatic rings. The van der Waals surface area contributed by atoms with Gasteiger partial charge in [-0.15, -0.1) is 0 Å². The fourth-order valence-corrected chi connectivity index (χ4v) is 1.97. The molecule has 0 saturated carbocycles. The minimum atomic E-state index is 0.750. The summed E-state index contributed by atoms with van der Waals surface area (Å²) in [5.74, 6) is 0. The number of benzene rings is 2. The quantitative estimate of drug-likeness (QED) is 0.774. The molecule has 0 bridgehead atoms. The lowest BCUT2D eigenvalue weighted by Crippen LogP contribution is -2.18. The molecule has 0 aliphatic heterocycles. The maximum absolute atomic E-state index is 4.98. The van der Waals surface area contributed by atoms with Gasteiger partial charge in [-0.3, -0.25) is 0 Å². The van der Waals surface area contributed by atoms with Gasteiger partial charge in [0.05, 0.1) is 6.61 Å². The molecule has 104 valence electrons. The highest BCUT2D eigenvalue weighted by Gasteiger charge is 1.95. The van der Waals surface area contributed by atoms with E-state index in [1.165, 1.54) is 16.7 Å². The van der Waals surface area contributed by atoms with Crippen LogP contribution in [0.2, 0.25) is 0 Å². The standard InChI is InChI=1S/C18H21NO/c1-20-15-14-19-13-5-6-16-9-11-18(12-10-16)17-7-3-2-4-8-17/h2-12,19H,13-15H2,1H3. The Bertz CT molecular complexity index is 517. The summed E-state index contributed by atoms with van der Waals surface area (Å²) in [6, 6.07) is 19.0. The lowest BCUT2D eigenvalue weighted by Gasteiger charge is -2.02. The first-order chi connectivity index (χ1) is 9.90. The second-order valence-corrected chi connectivity index (χ2v) is 4.59. The molecular weight excluding hydrogens is 246 g/mol. The Balaban J connectivity index is 1.87. The molecule has 0 heterocycles. The van der Waals surface area contributed by atoms with Crippen LogP contribution in [0.1, 0.15) is 5.56 Å². The first-order valence-corrected chi connectivity index (χ1v) is 6.92. The second kappa shape index (κ2) is 8.31. The zero-order valence-electron chi connectivity index (χ0n) is 11.9. The number of rotatable bonds is 7. The highest BCUT2D eigenvalue weighted by Crippen LogP contribution is 2.19. The predicted octanol–water partition coefficient (Wildman–Crippen LogP) is 3.60. The van der Waals surface area contributed by atoms with Crippen LogP contribution in [0.5, 0.6) is 0 Å². The van der Waals surface area contributed by atoms with Crippen LogP contribution >= 0.6 is 0 Å². The largest absolute Gasteiger partial charge is 0.383 e. The molecule has 0 unspecified atom stereocenters. The molecule has 0 aliphatic carbocycles. The molecule has 0 aliphatic rings. The normalized spacial score (nSPS) is 11.1. The highest BCUT2D eigenvalue weighted by molar-refractivity contribution is 5.65. The van der Waals surface area contributed by atoms with E-state index in [9.17, 15) is 0 Å². The predicted molar refractivity (Wildman–Crippen MR) is 85.7 cm³/mol.